The second kappa shape index (κ2) is 8.13. The molecule has 1 N–H and O–H groups in total. The van der Waals surface area contributed by atoms with Crippen molar-refractivity contribution in [3.05, 3.63) is 42.5 Å². The molecule has 2 saturated heterocycles. The van der Waals surface area contributed by atoms with E-state index in [1.165, 1.54) is 12.1 Å². The van der Waals surface area contributed by atoms with Crippen molar-refractivity contribution in [3.8, 4) is 11.5 Å². The number of benzene rings is 2. The second-order valence-corrected chi connectivity index (χ2v) is 8.61. The van der Waals surface area contributed by atoms with Crippen molar-refractivity contribution < 1.29 is 19.1 Å². The van der Waals surface area contributed by atoms with Gasteiger partial charge in [-0.1, -0.05) is 6.92 Å². The highest BCUT2D eigenvalue weighted by atomic mass is 16.6. The van der Waals surface area contributed by atoms with E-state index in [0.29, 0.717) is 31.3 Å². The lowest BCUT2D eigenvalue weighted by Crippen LogP contribution is -2.28. The van der Waals surface area contributed by atoms with Gasteiger partial charge in [-0.2, -0.15) is 0 Å². The number of hydrogen-bond donors (Lipinski definition) is 1. The van der Waals surface area contributed by atoms with Crippen LogP contribution in [0.2, 0.25) is 0 Å². The average molecular weight is 421 g/mol. The Labute approximate surface area is 181 Å². The Kier molecular flexibility index (Phi) is 5.18. The monoisotopic (exact) mass is 421 g/mol. The smallest absolute Gasteiger partial charge is 0.229 e. The van der Waals surface area contributed by atoms with Gasteiger partial charge in [0.2, 0.25) is 11.8 Å². The molecule has 3 heterocycles. The molecule has 2 fully saturated rings. The number of hydrogen-bond acceptors (Lipinski definition) is 5. The third kappa shape index (κ3) is 4.04. The molecule has 162 valence electrons. The van der Waals surface area contributed by atoms with Crippen LogP contribution in [0.15, 0.2) is 42.5 Å². The summed E-state index contributed by atoms with van der Waals surface area (Å²) >= 11 is 0. The first-order chi connectivity index (χ1) is 15.1. The van der Waals surface area contributed by atoms with Crippen molar-refractivity contribution in [3.63, 3.8) is 0 Å². The minimum atomic E-state index is -0.389. The molecule has 2 atom stereocenters. The summed E-state index contributed by atoms with van der Waals surface area (Å²) < 4.78 is 11.2. The van der Waals surface area contributed by atoms with Gasteiger partial charge in [0.25, 0.3) is 0 Å². The zero-order valence-corrected chi connectivity index (χ0v) is 17.7. The van der Waals surface area contributed by atoms with Gasteiger partial charge in [-0.05, 0) is 48.7 Å². The maximum atomic E-state index is 12.8. The SMILES string of the molecule is CC1CCN(c2ccc(NC(=O)C3CC(=O)N(c4ccc5c(c4)OCCO5)C3)cc2)C1. The normalized spacial score (nSPS) is 22.7. The van der Waals surface area contributed by atoms with E-state index < -0.39 is 0 Å². The third-order valence-corrected chi connectivity index (χ3v) is 6.26. The number of ether oxygens (including phenoxy) is 2. The summed E-state index contributed by atoms with van der Waals surface area (Å²) in [5.74, 6) is 1.46. The van der Waals surface area contributed by atoms with Crippen LogP contribution in [-0.2, 0) is 9.59 Å². The van der Waals surface area contributed by atoms with Crippen LogP contribution in [0.3, 0.4) is 0 Å². The molecular weight excluding hydrogens is 394 g/mol. The van der Waals surface area contributed by atoms with Crippen LogP contribution in [0, 0.1) is 11.8 Å². The van der Waals surface area contributed by atoms with Crippen LogP contribution in [0.4, 0.5) is 17.1 Å². The number of amides is 2. The topological polar surface area (TPSA) is 71.1 Å². The van der Waals surface area contributed by atoms with E-state index in [-0.39, 0.29) is 24.2 Å². The fourth-order valence-electron chi connectivity index (χ4n) is 4.50. The first kappa shape index (κ1) is 19.7. The Balaban J connectivity index is 1.22. The first-order valence-electron chi connectivity index (χ1n) is 10.9. The molecule has 31 heavy (non-hydrogen) atoms. The van der Waals surface area contributed by atoms with E-state index >= 15 is 0 Å². The number of nitrogens with one attached hydrogen (secondary N) is 1. The lowest BCUT2D eigenvalue weighted by Gasteiger charge is -2.22. The molecule has 3 aliphatic rings. The Morgan fingerprint density at radius 2 is 1.74 bits per heavy atom. The quantitative estimate of drug-likeness (QED) is 0.820. The average Bonchev–Trinajstić information content (AvgIpc) is 3.40. The largest absolute Gasteiger partial charge is 0.486 e. The summed E-state index contributed by atoms with van der Waals surface area (Å²) in [5, 5.41) is 2.97. The maximum absolute atomic E-state index is 12.8. The van der Waals surface area contributed by atoms with Gasteiger partial charge in [0.15, 0.2) is 11.5 Å². The Morgan fingerprint density at radius 1 is 1.00 bits per heavy atom. The van der Waals surface area contributed by atoms with Crippen molar-refractivity contribution in [2.24, 2.45) is 11.8 Å². The van der Waals surface area contributed by atoms with Crippen molar-refractivity contribution in [1.82, 2.24) is 0 Å². The highest BCUT2D eigenvalue weighted by Gasteiger charge is 2.35. The highest BCUT2D eigenvalue weighted by molar-refractivity contribution is 6.03. The van der Waals surface area contributed by atoms with E-state index in [9.17, 15) is 9.59 Å². The van der Waals surface area contributed by atoms with Gasteiger partial charge in [0, 0.05) is 49.2 Å². The summed E-state index contributed by atoms with van der Waals surface area (Å²) in [7, 11) is 0. The number of rotatable bonds is 4. The molecule has 0 radical (unpaired) electrons. The minimum absolute atomic E-state index is 0.0599. The lowest BCUT2D eigenvalue weighted by atomic mass is 10.1. The lowest BCUT2D eigenvalue weighted by molar-refractivity contribution is -0.122. The molecule has 0 aliphatic carbocycles. The molecular formula is C24H27N3O4. The number of carbonyl (C=O) groups excluding carboxylic acids is 2. The molecule has 2 unspecified atom stereocenters. The summed E-state index contributed by atoms with van der Waals surface area (Å²) in [5.41, 5.74) is 2.67. The van der Waals surface area contributed by atoms with Gasteiger partial charge >= 0.3 is 0 Å². The standard InChI is InChI=1S/C24H27N3O4/c1-16-8-9-26(14-16)19-4-2-18(3-5-19)25-24(29)17-12-23(28)27(15-17)20-6-7-21-22(13-20)31-11-10-30-21/h2-7,13,16-17H,8-12,14-15H2,1H3,(H,25,29). The Hall–Kier alpha value is -3.22. The number of nitrogens with zero attached hydrogens (tertiary/aromatic N) is 2. The van der Waals surface area contributed by atoms with E-state index in [1.807, 2.05) is 30.3 Å². The molecule has 2 aromatic carbocycles. The second-order valence-electron chi connectivity index (χ2n) is 8.61. The van der Waals surface area contributed by atoms with E-state index in [1.54, 1.807) is 4.90 Å². The first-order valence-corrected chi connectivity index (χ1v) is 10.9. The summed E-state index contributed by atoms with van der Waals surface area (Å²) in [6.07, 6.45) is 1.41. The Morgan fingerprint density at radius 3 is 2.48 bits per heavy atom. The van der Waals surface area contributed by atoms with Crippen LogP contribution in [0.1, 0.15) is 19.8 Å². The fraction of sp³-hybridized carbons (Fsp3) is 0.417. The van der Waals surface area contributed by atoms with Gasteiger partial charge in [0.1, 0.15) is 13.2 Å². The summed E-state index contributed by atoms with van der Waals surface area (Å²) in [6, 6.07) is 13.4. The van der Waals surface area contributed by atoms with Gasteiger partial charge in [-0.3, -0.25) is 9.59 Å². The molecule has 7 nitrogen and oxygen atoms in total. The molecule has 2 aromatic rings. The van der Waals surface area contributed by atoms with Crippen LogP contribution in [-0.4, -0.2) is 44.7 Å². The van der Waals surface area contributed by atoms with Gasteiger partial charge < -0.3 is 24.6 Å². The van der Waals surface area contributed by atoms with Gasteiger partial charge in [-0.25, -0.2) is 0 Å². The van der Waals surface area contributed by atoms with Gasteiger partial charge in [-0.15, -0.1) is 0 Å². The van der Waals surface area contributed by atoms with E-state index in [4.69, 9.17) is 9.47 Å². The highest BCUT2D eigenvalue weighted by Crippen LogP contribution is 2.36. The summed E-state index contributed by atoms with van der Waals surface area (Å²) in [4.78, 5) is 29.4. The fourth-order valence-corrected chi connectivity index (χ4v) is 4.50. The molecule has 3 aliphatic heterocycles. The molecule has 7 heteroatoms. The maximum Gasteiger partial charge on any atom is 0.229 e. The van der Waals surface area contributed by atoms with Crippen molar-refractivity contribution in [2.75, 3.05) is 48.0 Å². The molecule has 5 rings (SSSR count). The molecule has 0 saturated carbocycles. The summed E-state index contributed by atoms with van der Waals surface area (Å²) in [6.45, 7) is 5.79. The van der Waals surface area contributed by atoms with Crippen LogP contribution < -0.4 is 24.6 Å². The third-order valence-electron chi connectivity index (χ3n) is 6.26. The molecule has 0 spiro atoms. The predicted molar refractivity (Wildman–Crippen MR) is 119 cm³/mol. The van der Waals surface area contributed by atoms with Crippen molar-refractivity contribution in [2.45, 2.75) is 19.8 Å². The molecule has 2 amide bonds. The van der Waals surface area contributed by atoms with E-state index in [2.05, 4.69) is 29.3 Å². The number of carbonyl (C=O) groups is 2. The predicted octanol–water partition coefficient (Wildman–Crippen LogP) is 3.30. The zero-order chi connectivity index (χ0) is 21.4. The number of fused-ring (bicyclic) bond motifs is 1. The molecule has 0 bridgehead atoms. The van der Waals surface area contributed by atoms with Gasteiger partial charge in [0.05, 0.1) is 5.92 Å². The van der Waals surface area contributed by atoms with Crippen LogP contribution in [0.5, 0.6) is 11.5 Å². The van der Waals surface area contributed by atoms with Crippen LogP contribution >= 0.6 is 0 Å². The number of anilines is 3. The van der Waals surface area contributed by atoms with Crippen molar-refractivity contribution >= 4 is 28.9 Å². The van der Waals surface area contributed by atoms with Crippen LogP contribution in [0.25, 0.3) is 0 Å². The van der Waals surface area contributed by atoms with Crippen molar-refractivity contribution in [1.29, 1.82) is 0 Å². The molecule has 0 aromatic heterocycles. The minimum Gasteiger partial charge on any atom is -0.486 e. The zero-order valence-electron chi connectivity index (χ0n) is 17.7. The van der Waals surface area contributed by atoms with E-state index in [0.717, 1.165) is 30.4 Å². The Bertz CT molecular complexity index is 991.